The van der Waals surface area contributed by atoms with Gasteiger partial charge >= 0.3 is 0 Å². The molecule has 1 aromatic carbocycles. The van der Waals surface area contributed by atoms with Gasteiger partial charge in [-0.1, -0.05) is 24.3 Å². The molecular formula is C17H22N4O. The van der Waals surface area contributed by atoms with E-state index in [-0.39, 0.29) is 11.9 Å². The van der Waals surface area contributed by atoms with Gasteiger partial charge in [-0.15, -0.1) is 0 Å². The van der Waals surface area contributed by atoms with Crippen molar-refractivity contribution in [1.29, 1.82) is 0 Å². The SMILES string of the molecule is CCN(CCc1nc2c(C)cccc2[nH]1)C(=O)C1C=CCN1. The second-order valence-corrected chi connectivity index (χ2v) is 5.64. The Bertz CT molecular complexity index is 704. The molecule has 1 unspecified atom stereocenters. The lowest BCUT2D eigenvalue weighted by molar-refractivity contribution is -0.131. The van der Waals surface area contributed by atoms with Crippen LogP contribution in [0.4, 0.5) is 0 Å². The Balaban J connectivity index is 1.67. The number of fused-ring (bicyclic) bond motifs is 1. The highest BCUT2D eigenvalue weighted by Gasteiger charge is 2.22. The maximum Gasteiger partial charge on any atom is 0.243 e. The lowest BCUT2D eigenvalue weighted by Gasteiger charge is -2.23. The number of imidazole rings is 1. The Morgan fingerprint density at radius 2 is 2.32 bits per heavy atom. The number of aryl methyl sites for hydroxylation is 1. The number of para-hydroxylation sites is 1. The van der Waals surface area contributed by atoms with Crippen molar-refractivity contribution in [3.8, 4) is 0 Å². The zero-order chi connectivity index (χ0) is 15.5. The Labute approximate surface area is 130 Å². The molecule has 1 aliphatic rings. The van der Waals surface area contributed by atoms with E-state index >= 15 is 0 Å². The van der Waals surface area contributed by atoms with Crippen LogP contribution in [0.2, 0.25) is 0 Å². The molecular weight excluding hydrogens is 276 g/mol. The first-order chi connectivity index (χ1) is 10.7. The molecule has 0 saturated carbocycles. The molecule has 22 heavy (non-hydrogen) atoms. The van der Waals surface area contributed by atoms with Crippen LogP contribution in [-0.2, 0) is 11.2 Å². The van der Waals surface area contributed by atoms with Crippen molar-refractivity contribution in [2.24, 2.45) is 0 Å². The van der Waals surface area contributed by atoms with Gasteiger partial charge in [0.05, 0.1) is 11.0 Å². The standard InChI is InChI=1S/C17H22N4O/c1-3-21(17(22)14-8-5-10-18-14)11-9-15-19-13-7-4-6-12(2)16(13)20-15/h4-8,14,18H,3,9-11H2,1-2H3,(H,19,20). The van der Waals surface area contributed by atoms with Gasteiger partial charge in [0, 0.05) is 26.1 Å². The molecule has 2 N–H and O–H groups in total. The van der Waals surface area contributed by atoms with Crippen LogP contribution in [-0.4, -0.2) is 46.5 Å². The van der Waals surface area contributed by atoms with Gasteiger partial charge in [0.25, 0.3) is 0 Å². The van der Waals surface area contributed by atoms with Crippen molar-refractivity contribution in [2.45, 2.75) is 26.3 Å². The van der Waals surface area contributed by atoms with E-state index in [1.165, 1.54) is 5.56 Å². The third-order valence-electron chi connectivity index (χ3n) is 4.13. The van der Waals surface area contributed by atoms with Crippen LogP contribution in [0.5, 0.6) is 0 Å². The van der Waals surface area contributed by atoms with Gasteiger partial charge in [-0.05, 0) is 25.5 Å². The number of nitrogens with zero attached hydrogens (tertiary/aromatic N) is 2. The molecule has 2 aromatic rings. The minimum Gasteiger partial charge on any atom is -0.342 e. The lowest BCUT2D eigenvalue weighted by atomic mass is 10.2. The molecule has 0 spiro atoms. The molecule has 0 radical (unpaired) electrons. The molecule has 116 valence electrons. The van der Waals surface area contributed by atoms with E-state index in [0.717, 1.165) is 29.8 Å². The third-order valence-corrected chi connectivity index (χ3v) is 4.13. The molecule has 0 aliphatic carbocycles. The number of aromatic nitrogens is 2. The fraction of sp³-hybridized carbons (Fsp3) is 0.412. The summed E-state index contributed by atoms with van der Waals surface area (Å²) < 4.78 is 0. The predicted molar refractivity (Wildman–Crippen MR) is 87.7 cm³/mol. The van der Waals surface area contributed by atoms with E-state index in [1.807, 2.05) is 36.1 Å². The number of H-pyrrole nitrogens is 1. The van der Waals surface area contributed by atoms with E-state index in [1.54, 1.807) is 0 Å². The van der Waals surface area contributed by atoms with Crippen molar-refractivity contribution in [3.63, 3.8) is 0 Å². The third kappa shape index (κ3) is 2.90. The topological polar surface area (TPSA) is 61.0 Å². The van der Waals surface area contributed by atoms with Gasteiger partial charge in [-0.3, -0.25) is 10.1 Å². The lowest BCUT2D eigenvalue weighted by Crippen LogP contribution is -2.44. The molecule has 1 amide bonds. The highest BCUT2D eigenvalue weighted by atomic mass is 16.2. The van der Waals surface area contributed by atoms with Gasteiger partial charge in [0.15, 0.2) is 0 Å². The molecule has 2 heterocycles. The minimum absolute atomic E-state index is 0.142. The van der Waals surface area contributed by atoms with Crippen LogP contribution >= 0.6 is 0 Å². The van der Waals surface area contributed by atoms with Crippen molar-refractivity contribution in [2.75, 3.05) is 19.6 Å². The Kier molecular flexibility index (Phi) is 4.24. The number of hydrogen-bond donors (Lipinski definition) is 2. The van der Waals surface area contributed by atoms with E-state index in [9.17, 15) is 4.79 Å². The molecule has 1 aliphatic heterocycles. The summed E-state index contributed by atoms with van der Waals surface area (Å²) in [6, 6.07) is 5.96. The number of aromatic amines is 1. The second-order valence-electron chi connectivity index (χ2n) is 5.64. The van der Waals surface area contributed by atoms with Crippen LogP contribution in [0.1, 0.15) is 18.3 Å². The van der Waals surface area contributed by atoms with Gasteiger partial charge in [-0.25, -0.2) is 4.98 Å². The molecule has 3 rings (SSSR count). The highest BCUT2D eigenvalue weighted by Crippen LogP contribution is 2.16. The number of hydrogen-bond acceptors (Lipinski definition) is 3. The summed E-state index contributed by atoms with van der Waals surface area (Å²) in [5, 5.41) is 3.17. The van der Waals surface area contributed by atoms with Crippen LogP contribution in [0.25, 0.3) is 11.0 Å². The summed E-state index contributed by atoms with van der Waals surface area (Å²) in [5.41, 5.74) is 3.25. The molecule has 0 fully saturated rings. The first-order valence-electron chi connectivity index (χ1n) is 7.82. The van der Waals surface area contributed by atoms with Gasteiger partial charge in [-0.2, -0.15) is 0 Å². The summed E-state index contributed by atoms with van der Waals surface area (Å²) in [4.78, 5) is 22.3. The van der Waals surface area contributed by atoms with Crippen LogP contribution in [0.3, 0.4) is 0 Å². The van der Waals surface area contributed by atoms with Crippen LogP contribution < -0.4 is 5.32 Å². The van der Waals surface area contributed by atoms with E-state index in [2.05, 4.69) is 28.3 Å². The van der Waals surface area contributed by atoms with E-state index < -0.39 is 0 Å². The fourth-order valence-corrected chi connectivity index (χ4v) is 2.84. The van der Waals surface area contributed by atoms with Gasteiger partial charge in [0.2, 0.25) is 5.91 Å². The zero-order valence-corrected chi connectivity index (χ0v) is 13.1. The number of amides is 1. The van der Waals surface area contributed by atoms with Crippen molar-refractivity contribution in [1.82, 2.24) is 20.2 Å². The Hall–Kier alpha value is -2.14. The summed E-state index contributed by atoms with van der Waals surface area (Å²) >= 11 is 0. The fourth-order valence-electron chi connectivity index (χ4n) is 2.84. The van der Waals surface area contributed by atoms with E-state index in [0.29, 0.717) is 13.1 Å². The number of benzene rings is 1. The first-order valence-corrected chi connectivity index (χ1v) is 7.82. The first kappa shape index (κ1) is 14.8. The molecule has 0 bridgehead atoms. The van der Waals surface area contributed by atoms with Crippen LogP contribution in [0, 0.1) is 6.92 Å². The largest absolute Gasteiger partial charge is 0.342 e. The number of nitrogens with one attached hydrogen (secondary N) is 2. The average molecular weight is 298 g/mol. The minimum atomic E-state index is -0.169. The van der Waals surface area contributed by atoms with Gasteiger partial charge in [0.1, 0.15) is 11.9 Å². The average Bonchev–Trinajstić information content (AvgIpc) is 3.17. The highest BCUT2D eigenvalue weighted by molar-refractivity contribution is 5.84. The monoisotopic (exact) mass is 298 g/mol. The van der Waals surface area contributed by atoms with Crippen molar-refractivity contribution >= 4 is 16.9 Å². The smallest absolute Gasteiger partial charge is 0.243 e. The van der Waals surface area contributed by atoms with Gasteiger partial charge < -0.3 is 9.88 Å². The molecule has 5 nitrogen and oxygen atoms in total. The van der Waals surface area contributed by atoms with E-state index in [4.69, 9.17) is 0 Å². The van der Waals surface area contributed by atoms with Crippen molar-refractivity contribution < 1.29 is 4.79 Å². The number of rotatable bonds is 5. The normalized spacial score (nSPS) is 17.3. The molecule has 5 heteroatoms. The molecule has 1 aromatic heterocycles. The summed E-state index contributed by atoms with van der Waals surface area (Å²) in [5.74, 6) is 1.08. The Morgan fingerprint density at radius 1 is 1.45 bits per heavy atom. The number of likely N-dealkylation sites (N-methyl/N-ethyl adjacent to an activating group) is 1. The summed E-state index contributed by atoms with van der Waals surface area (Å²) in [6.07, 6.45) is 4.68. The molecule has 0 saturated heterocycles. The molecule has 1 atom stereocenters. The quantitative estimate of drug-likeness (QED) is 0.827. The number of carbonyl (C=O) groups is 1. The van der Waals surface area contributed by atoms with Crippen LogP contribution in [0.15, 0.2) is 30.4 Å². The van der Waals surface area contributed by atoms with Crippen molar-refractivity contribution in [3.05, 3.63) is 41.7 Å². The summed E-state index contributed by atoms with van der Waals surface area (Å²) in [6.45, 7) is 6.24. The Morgan fingerprint density at radius 3 is 3.00 bits per heavy atom. The zero-order valence-electron chi connectivity index (χ0n) is 13.1. The second kappa shape index (κ2) is 6.32. The number of carbonyl (C=O) groups excluding carboxylic acids is 1. The summed E-state index contributed by atoms with van der Waals surface area (Å²) in [7, 11) is 0. The maximum atomic E-state index is 12.4. The predicted octanol–water partition coefficient (Wildman–Crippen LogP) is 1.79. The maximum absolute atomic E-state index is 12.4.